The Morgan fingerprint density at radius 1 is 1.00 bits per heavy atom. The van der Waals surface area contributed by atoms with E-state index in [0.717, 1.165) is 0 Å². The third-order valence-corrected chi connectivity index (χ3v) is 0.264. The van der Waals surface area contributed by atoms with Crippen LogP contribution in [0.4, 0.5) is 0 Å². The molecule has 4 N–H and O–H groups in total. The second-order valence-electron chi connectivity index (χ2n) is 3.62. The van der Waals surface area contributed by atoms with Crippen LogP contribution in [0.25, 0.3) is 0 Å². The van der Waals surface area contributed by atoms with Crippen molar-refractivity contribution in [1.29, 1.82) is 0 Å². The quantitative estimate of drug-likeness (QED) is 0.509. The van der Waals surface area contributed by atoms with E-state index in [9.17, 15) is 9.13 Å². The normalized spacial score (nSPS) is 12.9. The Balaban J connectivity index is -0.000000144. The molecule has 0 aromatic carbocycles. The van der Waals surface area contributed by atoms with E-state index in [2.05, 4.69) is 0 Å². The fourth-order valence-corrected chi connectivity index (χ4v) is 0. The van der Waals surface area contributed by atoms with Crippen LogP contribution in [0.2, 0.25) is 0 Å². The van der Waals surface area contributed by atoms with E-state index in [1.54, 1.807) is 0 Å². The SMILES string of the molecule is CC(O)CO.CP(C)(=O)O.CP(C)(=O)O. The van der Waals surface area contributed by atoms with Gasteiger partial charge in [-0.05, 0) is 6.92 Å². The highest BCUT2D eigenvalue weighted by molar-refractivity contribution is 7.56. The van der Waals surface area contributed by atoms with E-state index in [0.29, 0.717) is 0 Å². The van der Waals surface area contributed by atoms with Gasteiger partial charge in [-0.2, -0.15) is 0 Å². The van der Waals surface area contributed by atoms with Crippen molar-refractivity contribution in [3.05, 3.63) is 0 Å². The number of hydrogen-bond acceptors (Lipinski definition) is 4. The average molecular weight is 264 g/mol. The molecule has 8 heteroatoms. The van der Waals surface area contributed by atoms with Crippen LogP contribution in [0, 0.1) is 0 Å². The Bertz CT molecular complexity index is 179. The maximum absolute atomic E-state index is 9.77. The Kier molecular flexibility index (Phi) is 13.1. The van der Waals surface area contributed by atoms with Crippen molar-refractivity contribution in [3.8, 4) is 0 Å². The first-order valence-electron chi connectivity index (χ1n) is 4.11. The maximum Gasteiger partial charge on any atom is 0.194 e. The van der Waals surface area contributed by atoms with Crippen LogP contribution >= 0.6 is 14.7 Å². The molecular formula is C7H22O6P2. The highest BCUT2D eigenvalue weighted by atomic mass is 31.2. The van der Waals surface area contributed by atoms with Crippen LogP contribution in [0.5, 0.6) is 0 Å². The summed E-state index contributed by atoms with van der Waals surface area (Å²) in [6.45, 7) is 6.58. The Morgan fingerprint density at radius 3 is 1.07 bits per heavy atom. The van der Waals surface area contributed by atoms with Gasteiger partial charge in [-0.15, -0.1) is 0 Å². The zero-order valence-corrected chi connectivity index (χ0v) is 11.6. The van der Waals surface area contributed by atoms with E-state index < -0.39 is 20.8 Å². The second kappa shape index (κ2) is 9.52. The van der Waals surface area contributed by atoms with Gasteiger partial charge in [-0.3, -0.25) is 9.13 Å². The number of aliphatic hydroxyl groups is 2. The summed E-state index contributed by atoms with van der Waals surface area (Å²) < 4.78 is 19.5. The van der Waals surface area contributed by atoms with E-state index in [1.165, 1.54) is 33.6 Å². The minimum absolute atomic E-state index is 0.139. The predicted octanol–water partition coefficient (Wildman–Crippen LogP) is 0.392. The minimum atomic E-state index is -2.64. The van der Waals surface area contributed by atoms with Crippen LogP contribution in [0.3, 0.4) is 0 Å². The highest BCUT2D eigenvalue weighted by Crippen LogP contribution is 2.27. The first-order valence-corrected chi connectivity index (χ1v) is 9.22. The fourth-order valence-electron chi connectivity index (χ4n) is 0. The van der Waals surface area contributed by atoms with Crippen LogP contribution < -0.4 is 0 Å². The lowest BCUT2D eigenvalue weighted by atomic mass is 10.5. The molecule has 0 radical (unpaired) electrons. The summed E-state index contributed by atoms with van der Waals surface area (Å²) in [6.07, 6.45) is -0.560. The molecule has 0 aromatic rings. The van der Waals surface area contributed by atoms with Crippen LogP contribution in [-0.4, -0.2) is 59.4 Å². The molecule has 96 valence electrons. The first-order chi connectivity index (χ1) is 6.27. The van der Waals surface area contributed by atoms with Crippen molar-refractivity contribution in [1.82, 2.24) is 0 Å². The van der Waals surface area contributed by atoms with Crippen molar-refractivity contribution in [2.45, 2.75) is 13.0 Å². The van der Waals surface area contributed by atoms with Gasteiger partial charge in [-0.25, -0.2) is 0 Å². The second-order valence-corrected chi connectivity index (χ2v) is 8.80. The molecular weight excluding hydrogens is 242 g/mol. The maximum atomic E-state index is 9.77. The Labute approximate surface area is 90.9 Å². The lowest BCUT2D eigenvalue weighted by Crippen LogP contribution is -2.03. The summed E-state index contributed by atoms with van der Waals surface area (Å²) in [4.78, 5) is 16.2. The number of hydrogen-bond donors (Lipinski definition) is 4. The lowest BCUT2D eigenvalue weighted by molar-refractivity contribution is 0.110. The number of aliphatic hydroxyl groups excluding tert-OH is 2. The summed E-state index contributed by atoms with van der Waals surface area (Å²) in [5.74, 6) is 0. The van der Waals surface area contributed by atoms with Crippen molar-refractivity contribution in [2.24, 2.45) is 0 Å². The minimum Gasteiger partial charge on any atom is -0.394 e. The zero-order valence-electron chi connectivity index (χ0n) is 9.78. The monoisotopic (exact) mass is 264 g/mol. The first kappa shape index (κ1) is 20.7. The van der Waals surface area contributed by atoms with Gasteiger partial charge in [0, 0.05) is 26.7 Å². The summed E-state index contributed by atoms with van der Waals surface area (Å²) in [6, 6.07) is 0. The third kappa shape index (κ3) is 409. The van der Waals surface area contributed by atoms with Gasteiger partial charge in [0.1, 0.15) is 0 Å². The molecule has 0 spiro atoms. The molecule has 0 rings (SSSR count). The summed E-state index contributed by atoms with van der Waals surface area (Å²) >= 11 is 0. The molecule has 0 aromatic heterocycles. The fraction of sp³-hybridized carbons (Fsp3) is 1.00. The van der Waals surface area contributed by atoms with Gasteiger partial charge in [0.05, 0.1) is 12.7 Å². The highest BCUT2D eigenvalue weighted by Gasteiger charge is 1.92. The molecule has 1 unspecified atom stereocenters. The standard InChI is InChI=1S/C3H8O2.2C2H7O2P/c1-3(5)2-4;2*1-5(2,3)4/h3-5H,2H2,1H3;2*1-2H3,(H,3,4). The van der Waals surface area contributed by atoms with Gasteiger partial charge in [-0.1, -0.05) is 0 Å². The summed E-state index contributed by atoms with van der Waals surface area (Å²) in [7, 11) is -5.28. The lowest BCUT2D eigenvalue weighted by Gasteiger charge is -1.90. The molecule has 0 aliphatic heterocycles. The predicted molar refractivity (Wildman–Crippen MR) is 62.1 cm³/mol. The van der Waals surface area contributed by atoms with Crippen molar-refractivity contribution < 1.29 is 29.1 Å². The van der Waals surface area contributed by atoms with Gasteiger partial charge in [0.15, 0.2) is 14.7 Å². The van der Waals surface area contributed by atoms with Crippen LogP contribution in [-0.2, 0) is 9.13 Å². The van der Waals surface area contributed by atoms with Gasteiger partial charge in [0.25, 0.3) is 0 Å². The van der Waals surface area contributed by atoms with Crippen LogP contribution in [0.1, 0.15) is 6.92 Å². The molecule has 1 atom stereocenters. The molecule has 0 heterocycles. The van der Waals surface area contributed by atoms with Crippen molar-refractivity contribution >= 4 is 14.7 Å². The average Bonchev–Trinajstić information content (AvgIpc) is 1.79. The zero-order chi connectivity index (χ0) is 13.3. The molecule has 0 fully saturated rings. The molecule has 0 amide bonds. The molecule has 0 aliphatic carbocycles. The van der Waals surface area contributed by atoms with Crippen LogP contribution in [0.15, 0.2) is 0 Å². The van der Waals surface area contributed by atoms with E-state index in [4.69, 9.17) is 20.0 Å². The smallest absolute Gasteiger partial charge is 0.194 e. The van der Waals surface area contributed by atoms with Gasteiger partial charge in [0.2, 0.25) is 0 Å². The Morgan fingerprint density at radius 2 is 1.07 bits per heavy atom. The van der Waals surface area contributed by atoms with Gasteiger partial charge >= 0.3 is 0 Å². The van der Waals surface area contributed by atoms with Crippen molar-refractivity contribution in [2.75, 3.05) is 33.3 Å². The molecule has 15 heavy (non-hydrogen) atoms. The molecule has 0 saturated carbocycles. The topological polar surface area (TPSA) is 115 Å². The van der Waals surface area contributed by atoms with E-state index >= 15 is 0 Å². The number of rotatable bonds is 1. The molecule has 0 aliphatic rings. The van der Waals surface area contributed by atoms with Gasteiger partial charge < -0.3 is 20.0 Å². The van der Waals surface area contributed by atoms with E-state index in [-0.39, 0.29) is 6.61 Å². The van der Waals surface area contributed by atoms with E-state index in [1.807, 2.05) is 0 Å². The summed E-state index contributed by atoms with van der Waals surface area (Å²) in [5.41, 5.74) is 0. The largest absolute Gasteiger partial charge is 0.394 e. The molecule has 0 bridgehead atoms. The third-order valence-electron chi connectivity index (χ3n) is 0.264. The van der Waals surface area contributed by atoms with Crippen molar-refractivity contribution in [3.63, 3.8) is 0 Å². The summed E-state index contributed by atoms with van der Waals surface area (Å²) in [5, 5.41) is 16.0. The Hall–Kier alpha value is 0.300. The molecule has 6 nitrogen and oxygen atoms in total. The molecule has 0 saturated heterocycles.